The van der Waals surface area contributed by atoms with Crippen LogP contribution in [0.1, 0.15) is 35.9 Å². The Morgan fingerprint density at radius 1 is 1.22 bits per heavy atom. The standard InChI is InChI=1S/C22H27FN2OS/c1-16(2)24(14-19-7-5-4-6-17(19)3)15-21(26)25-12-13-27-22(25)18-8-10-20(23)11-9-18/h4-11,16,22H,12-15H2,1-3H3/p+1/t22-/m0/s1. The van der Waals surface area contributed by atoms with E-state index in [1.807, 2.05) is 11.0 Å². The first-order valence-electron chi connectivity index (χ1n) is 9.51. The molecule has 0 spiro atoms. The number of nitrogens with one attached hydrogen (secondary N) is 1. The monoisotopic (exact) mass is 387 g/mol. The lowest BCUT2D eigenvalue weighted by molar-refractivity contribution is -0.927. The van der Waals surface area contributed by atoms with Crippen LogP contribution in [0.2, 0.25) is 0 Å². The van der Waals surface area contributed by atoms with Gasteiger partial charge >= 0.3 is 0 Å². The van der Waals surface area contributed by atoms with Crippen LogP contribution >= 0.6 is 11.8 Å². The van der Waals surface area contributed by atoms with Crippen LogP contribution in [0.15, 0.2) is 48.5 Å². The summed E-state index contributed by atoms with van der Waals surface area (Å²) in [6, 6.07) is 15.3. The highest BCUT2D eigenvalue weighted by atomic mass is 32.2. The van der Waals surface area contributed by atoms with Gasteiger partial charge in [-0.15, -0.1) is 11.8 Å². The van der Waals surface area contributed by atoms with Crippen molar-refractivity contribution in [2.75, 3.05) is 18.8 Å². The Kier molecular flexibility index (Phi) is 6.55. The lowest BCUT2D eigenvalue weighted by Gasteiger charge is -2.28. The Morgan fingerprint density at radius 2 is 1.93 bits per heavy atom. The number of aryl methyl sites for hydroxylation is 1. The molecule has 1 aliphatic heterocycles. The van der Waals surface area contributed by atoms with E-state index in [1.54, 1.807) is 23.9 Å². The van der Waals surface area contributed by atoms with Gasteiger partial charge in [-0.25, -0.2) is 4.39 Å². The molecule has 1 amide bonds. The molecule has 0 aromatic heterocycles. The average molecular weight is 388 g/mol. The number of nitrogens with zero attached hydrogens (tertiary/aromatic N) is 1. The molecule has 1 aliphatic rings. The lowest BCUT2D eigenvalue weighted by Crippen LogP contribution is -3.14. The quantitative estimate of drug-likeness (QED) is 0.823. The van der Waals surface area contributed by atoms with Gasteiger partial charge in [0.1, 0.15) is 17.7 Å². The SMILES string of the molecule is Cc1ccccc1C[NH+](CC(=O)N1CCS[C@H]1c1ccc(F)cc1)C(C)C. The molecule has 3 rings (SSSR count). The minimum absolute atomic E-state index is 0.00928. The molecule has 2 aromatic rings. The van der Waals surface area contributed by atoms with Crippen LogP contribution < -0.4 is 4.90 Å². The van der Waals surface area contributed by atoms with Gasteiger partial charge in [0, 0.05) is 17.9 Å². The second kappa shape index (κ2) is 8.89. The van der Waals surface area contributed by atoms with Gasteiger partial charge in [0.25, 0.3) is 5.91 Å². The van der Waals surface area contributed by atoms with E-state index in [-0.39, 0.29) is 17.1 Å². The second-order valence-electron chi connectivity index (χ2n) is 7.45. The van der Waals surface area contributed by atoms with Gasteiger partial charge in [-0.3, -0.25) is 4.79 Å². The molecule has 0 saturated carbocycles. The predicted octanol–water partition coefficient (Wildman–Crippen LogP) is 3.20. The van der Waals surface area contributed by atoms with Crippen molar-refractivity contribution in [3.8, 4) is 0 Å². The number of thioether (sulfide) groups is 1. The first kappa shape index (κ1) is 19.9. The maximum Gasteiger partial charge on any atom is 0.278 e. The zero-order chi connectivity index (χ0) is 19.4. The van der Waals surface area contributed by atoms with E-state index in [0.717, 1.165) is 24.4 Å². The Hall–Kier alpha value is -1.85. The van der Waals surface area contributed by atoms with Gasteiger partial charge in [-0.05, 0) is 44.0 Å². The van der Waals surface area contributed by atoms with E-state index in [4.69, 9.17) is 0 Å². The highest BCUT2D eigenvalue weighted by Gasteiger charge is 2.33. The third kappa shape index (κ3) is 4.90. The van der Waals surface area contributed by atoms with Crippen LogP contribution in [-0.2, 0) is 11.3 Å². The third-order valence-corrected chi connectivity index (χ3v) is 6.50. The normalized spacial score (nSPS) is 18.1. The molecular weight excluding hydrogens is 359 g/mol. The fourth-order valence-electron chi connectivity index (χ4n) is 3.45. The molecule has 2 aromatic carbocycles. The van der Waals surface area contributed by atoms with Crippen molar-refractivity contribution < 1.29 is 14.1 Å². The fourth-order valence-corrected chi connectivity index (χ4v) is 4.73. The van der Waals surface area contributed by atoms with E-state index < -0.39 is 0 Å². The van der Waals surface area contributed by atoms with Crippen LogP contribution in [0, 0.1) is 12.7 Å². The van der Waals surface area contributed by atoms with Crippen molar-refractivity contribution in [1.29, 1.82) is 0 Å². The Labute approximate surface area is 165 Å². The number of hydrogen-bond donors (Lipinski definition) is 1. The number of amides is 1. The molecule has 0 radical (unpaired) electrons. The first-order valence-corrected chi connectivity index (χ1v) is 10.6. The molecule has 1 fully saturated rings. The summed E-state index contributed by atoms with van der Waals surface area (Å²) in [6.45, 7) is 8.52. The first-order chi connectivity index (χ1) is 13.0. The van der Waals surface area contributed by atoms with Crippen molar-refractivity contribution >= 4 is 17.7 Å². The number of benzene rings is 2. The topological polar surface area (TPSA) is 24.8 Å². The number of carbonyl (C=O) groups is 1. The molecule has 0 bridgehead atoms. The zero-order valence-corrected chi connectivity index (χ0v) is 17.1. The third-order valence-electron chi connectivity index (χ3n) is 5.24. The van der Waals surface area contributed by atoms with E-state index in [9.17, 15) is 9.18 Å². The summed E-state index contributed by atoms with van der Waals surface area (Å²) in [5.41, 5.74) is 3.56. The molecule has 27 heavy (non-hydrogen) atoms. The van der Waals surface area contributed by atoms with E-state index >= 15 is 0 Å². The molecule has 0 aliphatic carbocycles. The minimum Gasteiger partial charge on any atom is -0.321 e. The molecular formula is C22H28FN2OS+. The summed E-state index contributed by atoms with van der Waals surface area (Å²) in [5, 5.41) is -0.00928. The predicted molar refractivity (Wildman–Crippen MR) is 109 cm³/mol. The molecule has 5 heteroatoms. The maximum atomic E-state index is 13.2. The number of hydrogen-bond acceptors (Lipinski definition) is 2. The maximum absolute atomic E-state index is 13.2. The van der Waals surface area contributed by atoms with Gasteiger partial charge in [0.05, 0.1) is 6.04 Å². The smallest absolute Gasteiger partial charge is 0.278 e. The molecule has 3 nitrogen and oxygen atoms in total. The van der Waals surface area contributed by atoms with Gasteiger partial charge in [0.15, 0.2) is 6.54 Å². The molecule has 1 saturated heterocycles. The minimum atomic E-state index is -0.242. The lowest BCUT2D eigenvalue weighted by atomic mass is 10.1. The highest BCUT2D eigenvalue weighted by molar-refractivity contribution is 7.99. The Bertz CT molecular complexity index is 778. The number of carbonyl (C=O) groups excluding carboxylic acids is 1. The van der Waals surface area contributed by atoms with Crippen LogP contribution in [0.5, 0.6) is 0 Å². The summed E-state index contributed by atoms with van der Waals surface area (Å²) in [4.78, 5) is 16.3. The molecule has 1 heterocycles. The molecule has 1 unspecified atom stereocenters. The van der Waals surface area contributed by atoms with Gasteiger partial charge in [-0.2, -0.15) is 0 Å². The van der Waals surface area contributed by atoms with E-state index in [2.05, 4.69) is 39.0 Å². The zero-order valence-electron chi connectivity index (χ0n) is 16.2. The largest absolute Gasteiger partial charge is 0.321 e. The van der Waals surface area contributed by atoms with Crippen molar-refractivity contribution in [3.05, 3.63) is 71.0 Å². The van der Waals surface area contributed by atoms with Gasteiger partial charge < -0.3 is 9.80 Å². The fraction of sp³-hybridized carbons (Fsp3) is 0.409. The van der Waals surface area contributed by atoms with Crippen molar-refractivity contribution in [1.82, 2.24) is 4.90 Å². The highest BCUT2D eigenvalue weighted by Crippen LogP contribution is 2.37. The second-order valence-corrected chi connectivity index (χ2v) is 8.64. The van der Waals surface area contributed by atoms with E-state index in [0.29, 0.717) is 12.6 Å². The van der Waals surface area contributed by atoms with Crippen LogP contribution in [0.4, 0.5) is 4.39 Å². The number of quaternary nitrogens is 1. The van der Waals surface area contributed by atoms with Crippen LogP contribution in [0.3, 0.4) is 0 Å². The van der Waals surface area contributed by atoms with Gasteiger partial charge in [-0.1, -0.05) is 36.4 Å². The summed E-state index contributed by atoms with van der Waals surface area (Å²) in [6.07, 6.45) is 0. The Morgan fingerprint density at radius 3 is 2.59 bits per heavy atom. The summed E-state index contributed by atoms with van der Waals surface area (Å²) in [5.74, 6) is 0.850. The van der Waals surface area contributed by atoms with Crippen molar-refractivity contribution in [3.63, 3.8) is 0 Å². The molecule has 2 atom stereocenters. The van der Waals surface area contributed by atoms with Gasteiger partial charge in [0.2, 0.25) is 0 Å². The average Bonchev–Trinajstić information content (AvgIpc) is 3.13. The summed E-state index contributed by atoms with van der Waals surface area (Å²) < 4.78 is 13.2. The van der Waals surface area contributed by atoms with E-state index in [1.165, 1.54) is 28.2 Å². The van der Waals surface area contributed by atoms with Crippen molar-refractivity contribution in [2.45, 2.75) is 38.7 Å². The molecule has 1 N–H and O–H groups in total. The molecule has 144 valence electrons. The summed E-state index contributed by atoms with van der Waals surface area (Å²) in [7, 11) is 0. The van der Waals surface area contributed by atoms with Crippen LogP contribution in [-0.4, -0.2) is 35.7 Å². The number of rotatable bonds is 6. The van der Waals surface area contributed by atoms with Crippen molar-refractivity contribution in [2.24, 2.45) is 0 Å². The Balaban J connectivity index is 1.71. The summed E-state index contributed by atoms with van der Waals surface area (Å²) >= 11 is 1.75. The number of halogens is 1. The van der Waals surface area contributed by atoms with Crippen LogP contribution in [0.25, 0.3) is 0 Å².